The molecule has 2 heterocycles. The van der Waals surface area contributed by atoms with Crippen LogP contribution in [0.15, 0.2) is 122 Å². The summed E-state index contributed by atoms with van der Waals surface area (Å²) in [5, 5.41) is 24.3. The highest BCUT2D eigenvalue weighted by molar-refractivity contribution is 6.13. The number of rotatable bonds is 5. The summed E-state index contributed by atoms with van der Waals surface area (Å²) in [7, 11) is 0. The second-order valence-corrected chi connectivity index (χ2v) is 15.1. The van der Waals surface area contributed by atoms with Crippen LogP contribution in [0.3, 0.4) is 0 Å². The van der Waals surface area contributed by atoms with Gasteiger partial charge in [0.15, 0.2) is 0 Å². The predicted octanol–water partition coefficient (Wildman–Crippen LogP) is 12.1. The lowest BCUT2D eigenvalue weighted by atomic mass is 9.86. The number of hydrogen-bond donors (Lipinski definition) is 0. The SMILES string of the molecule is C=C/C=C(\C=C)n1c2ccc(-c3ccc4c(c3)c3cc(C(C)(C)C)ccc3n4-c3ccc(C#N)cc3C#N)cc2c2cc(C(C)(C)C)ccc21. The molecule has 0 amide bonds. The molecule has 0 radical (unpaired) electrons. The van der Waals surface area contributed by atoms with Gasteiger partial charge in [-0.1, -0.05) is 85.0 Å². The third-order valence-corrected chi connectivity index (χ3v) is 9.84. The van der Waals surface area contributed by atoms with E-state index < -0.39 is 0 Å². The van der Waals surface area contributed by atoms with Crippen molar-refractivity contribution < 1.29 is 0 Å². The van der Waals surface area contributed by atoms with Crippen molar-refractivity contribution in [1.82, 2.24) is 9.13 Å². The second kappa shape index (κ2) is 11.8. The largest absolute Gasteiger partial charge is 0.309 e. The first kappa shape index (κ1) is 32.4. The fourth-order valence-corrected chi connectivity index (χ4v) is 7.12. The lowest BCUT2D eigenvalue weighted by Crippen LogP contribution is -2.10. The molecule has 7 rings (SSSR count). The van der Waals surface area contributed by atoms with Gasteiger partial charge in [-0.05, 0) is 112 Å². The fourth-order valence-electron chi connectivity index (χ4n) is 7.12. The average molecular weight is 649 g/mol. The number of hydrogen-bond acceptors (Lipinski definition) is 2. The van der Waals surface area contributed by atoms with E-state index in [4.69, 9.17) is 0 Å². The van der Waals surface area contributed by atoms with Crippen molar-refractivity contribution >= 4 is 49.3 Å². The van der Waals surface area contributed by atoms with Crippen LogP contribution in [-0.4, -0.2) is 9.13 Å². The summed E-state index contributed by atoms with van der Waals surface area (Å²) in [6.45, 7) is 21.5. The van der Waals surface area contributed by atoms with Gasteiger partial charge in [0.1, 0.15) is 6.07 Å². The zero-order valence-electron chi connectivity index (χ0n) is 29.6. The first-order valence-corrected chi connectivity index (χ1v) is 17.0. The molecule has 0 unspecified atom stereocenters. The zero-order valence-corrected chi connectivity index (χ0v) is 29.6. The quantitative estimate of drug-likeness (QED) is 0.174. The van der Waals surface area contributed by atoms with Crippen LogP contribution in [0.2, 0.25) is 0 Å². The molecule has 0 N–H and O–H groups in total. The molecule has 0 aliphatic rings. The van der Waals surface area contributed by atoms with E-state index in [1.807, 2.05) is 18.2 Å². The van der Waals surface area contributed by atoms with Gasteiger partial charge in [0.05, 0.1) is 45.0 Å². The molecule has 50 heavy (non-hydrogen) atoms. The van der Waals surface area contributed by atoms with Crippen molar-refractivity contribution in [2.45, 2.75) is 52.4 Å². The van der Waals surface area contributed by atoms with Crippen molar-refractivity contribution in [1.29, 1.82) is 10.5 Å². The maximum atomic E-state index is 10.1. The van der Waals surface area contributed by atoms with E-state index in [2.05, 4.69) is 149 Å². The van der Waals surface area contributed by atoms with Gasteiger partial charge in [0, 0.05) is 27.2 Å². The highest BCUT2D eigenvalue weighted by Crippen LogP contribution is 2.41. The molecule has 0 aliphatic heterocycles. The summed E-state index contributed by atoms with van der Waals surface area (Å²) in [5.74, 6) is 0. The van der Waals surface area contributed by atoms with E-state index in [0.29, 0.717) is 11.1 Å². The third kappa shape index (κ3) is 5.22. The number of aromatic nitrogens is 2. The molecule has 0 bridgehead atoms. The van der Waals surface area contributed by atoms with E-state index in [0.717, 1.165) is 55.4 Å². The number of fused-ring (bicyclic) bond motifs is 6. The Kier molecular flexibility index (Phi) is 7.66. The molecule has 0 spiro atoms. The van der Waals surface area contributed by atoms with Crippen LogP contribution in [0.5, 0.6) is 0 Å². The predicted molar refractivity (Wildman–Crippen MR) is 211 cm³/mol. The Hall–Kier alpha value is -6.10. The highest BCUT2D eigenvalue weighted by Gasteiger charge is 2.22. The Morgan fingerprint density at radius 2 is 1.10 bits per heavy atom. The summed E-state index contributed by atoms with van der Waals surface area (Å²) in [6, 6.07) is 36.6. The van der Waals surface area contributed by atoms with Crippen molar-refractivity contribution in [2.24, 2.45) is 0 Å². The number of nitrogens with zero attached hydrogens (tertiary/aromatic N) is 4. The molecule has 0 saturated carbocycles. The van der Waals surface area contributed by atoms with E-state index in [9.17, 15) is 10.5 Å². The Morgan fingerprint density at radius 1 is 0.600 bits per heavy atom. The van der Waals surface area contributed by atoms with Gasteiger partial charge in [-0.25, -0.2) is 0 Å². The molecule has 7 aromatic rings. The van der Waals surface area contributed by atoms with Gasteiger partial charge in [-0.3, -0.25) is 0 Å². The molecule has 0 aliphatic carbocycles. The van der Waals surface area contributed by atoms with Crippen molar-refractivity contribution in [2.75, 3.05) is 0 Å². The van der Waals surface area contributed by atoms with E-state index in [1.165, 1.54) is 21.9 Å². The molecule has 0 atom stereocenters. The average Bonchev–Trinajstić information content (AvgIpc) is 3.60. The van der Waals surface area contributed by atoms with Gasteiger partial charge in [0.2, 0.25) is 0 Å². The number of allylic oxidation sites excluding steroid dienone is 4. The topological polar surface area (TPSA) is 57.4 Å². The summed E-state index contributed by atoms with van der Waals surface area (Å²) in [5.41, 5.74) is 11.7. The maximum absolute atomic E-state index is 10.1. The van der Waals surface area contributed by atoms with Gasteiger partial charge < -0.3 is 9.13 Å². The van der Waals surface area contributed by atoms with Crippen molar-refractivity contribution in [3.63, 3.8) is 0 Å². The first-order valence-electron chi connectivity index (χ1n) is 17.0. The second-order valence-electron chi connectivity index (χ2n) is 15.1. The minimum atomic E-state index is -0.0397. The standard InChI is InChI=1S/C46H40N4/c1-9-11-35(10-2)49-41-18-13-30(23-36(41)38-25-33(45(3,4)5)15-20-42(38)49)31-14-19-43-37(24-31)39-26-34(46(6,7)8)16-21-44(39)50(43)40-17-12-29(27-47)22-32(40)28-48/h9-26H,1-2H2,3-8H3/b35-11+. The van der Waals surface area contributed by atoms with Crippen LogP contribution in [0.4, 0.5) is 0 Å². The van der Waals surface area contributed by atoms with Gasteiger partial charge in [-0.2, -0.15) is 10.5 Å². The van der Waals surface area contributed by atoms with E-state index >= 15 is 0 Å². The van der Waals surface area contributed by atoms with Crippen LogP contribution in [0, 0.1) is 22.7 Å². The Morgan fingerprint density at radius 3 is 1.62 bits per heavy atom. The Balaban J connectivity index is 1.51. The highest BCUT2D eigenvalue weighted by atomic mass is 15.0. The smallest absolute Gasteiger partial charge is 0.101 e. The van der Waals surface area contributed by atoms with Crippen molar-refractivity contribution in [3.8, 4) is 29.0 Å². The molecular formula is C46H40N4. The molecule has 0 saturated heterocycles. The van der Waals surface area contributed by atoms with Crippen LogP contribution in [0.1, 0.15) is 63.8 Å². The summed E-state index contributed by atoms with van der Waals surface area (Å²) in [4.78, 5) is 0. The Bertz CT molecular complexity index is 2660. The number of nitriles is 2. The minimum absolute atomic E-state index is 0.00391. The molecule has 4 heteroatoms. The molecule has 244 valence electrons. The third-order valence-electron chi connectivity index (χ3n) is 9.84. The monoisotopic (exact) mass is 648 g/mol. The molecule has 2 aromatic heterocycles. The van der Waals surface area contributed by atoms with Crippen LogP contribution in [-0.2, 0) is 10.8 Å². The summed E-state index contributed by atoms with van der Waals surface area (Å²) >= 11 is 0. The Labute approximate surface area is 294 Å². The first-order chi connectivity index (χ1) is 23.9. The zero-order chi connectivity index (χ0) is 35.5. The normalized spacial score (nSPS) is 12.4. The molecule has 5 aromatic carbocycles. The summed E-state index contributed by atoms with van der Waals surface area (Å²) < 4.78 is 4.43. The van der Waals surface area contributed by atoms with Gasteiger partial charge in [-0.15, -0.1) is 0 Å². The molecule has 0 fully saturated rings. The van der Waals surface area contributed by atoms with Crippen LogP contribution < -0.4 is 0 Å². The number of benzene rings is 5. The van der Waals surface area contributed by atoms with Crippen LogP contribution >= 0.6 is 0 Å². The molecular weight excluding hydrogens is 609 g/mol. The van der Waals surface area contributed by atoms with Crippen LogP contribution in [0.25, 0.3) is 66.1 Å². The lowest BCUT2D eigenvalue weighted by molar-refractivity contribution is 0.591. The van der Waals surface area contributed by atoms with Crippen molar-refractivity contribution in [3.05, 3.63) is 145 Å². The van der Waals surface area contributed by atoms with Gasteiger partial charge >= 0.3 is 0 Å². The molecule has 4 nitrogen and oxygen atoms in total. The van der Waals surface area contributed by atoms with E-state index in [-0.39, 0.29) is 10.8 Å². The minimum Gasteiger partial charge on any atom is -0.309 e. The van der Waals surface area contributed by atoms with E-state index in [1.54, 1.807) is 18.2 Å². The maximum Gasteiger partial charge on any atom is 0.101 e. The fraction of sp³-hybridized carbons (Fsp3) is 0.174. The lowest BCUT2D eigenvalue weighted by Gasteiger charge is -2.19. The summed E-state index contributed by atoms with van der Waals surface area (Å²) in [6.07, 6.45) is 5.69. The van der Waals surface area contributed by atoms with Gasteiger partial charge in [0.25, 0.3) is 0 Å².